The topological polar surface area (TPSA) is 50.7 Å². The van der Waals surface area contributed by atoms with Crippen molar-refractivity contribution in [1.82, 2.24) is 9.97 Å². The van der Waals surface area contributed by atoms with E-state index in [1.54, 1.807) is 0 Å². The van der Waals surface area contributed by atoms with E-state index in [2.05, 4.69) is 40.8 Å². The van der Waals surface area contributed by atoms with Crippen LogP contribution in [-0.2, 0) is 9.47 Å². The molecule has 136 valence electrons. The Morgan fingerprint density at radius 2 is 1.72 bits per heavy atom. The molecule has 1 aromatic heterocycles. The number of rotatable bonds is 2. The van der Waals surface area contributed by atoms with E-state index in [0.29, 0.717) is 0 Å². The maximum atomic E-state index is 6.15. The number of hydrogen-bond donors (Lipinski definition) is 0. The molecule has 3 aliphatic rings. The van der Waals surface area contributed by atoms with Gasteiger partial charge in [-0.1, -0.05) is 11.6 Å². The van der Waals surface area contributed by atoms with Gasteiger partial charge in [-0.2, -0.15) is 4.98 Å². The lowest BCUT2D eigenvalue weighted by molar-refractivity contribution is -0.0326. The third-order valence-electron chi connectivity index (χ3n) is 5.45. The SMILES string of the molecule is CC1=CC2(CCN(c3cc(C)nc(N4CCOCC4)n3)CC2)OCC1. The molecule has 0 aromatic carbocycles. The van der Waals surface area contributed by atoms with Gasteiger partial charge in [-0.25, -0.2) is 4.98 Å². The number of aromatic nitrogens is 2. The van der Waals surface area contributed by atoms with Gasteiger partial charge < -0.3 is 19.3 Å². The molecule has 6 heteroatoms. The molecule has 2 saturated heterocycles. The van der Waals surface area contributed by atoms with E-state index >= 15 is 0 Å². The van der Waals surface area contributed by atoms with Gasteiger partial charge in [0.25, 0.3) is 0 Å². The largest absolute Gasteiger partial charge is 0.378 e. The second kappa shape index (κ2) is 6.92. The first-order valence-corrected chi connectivity index (χ1v) is 9.39. The average Bonchev–Trinajstić information content (AvgIpc) is 2.62. The number of piperidine rings is 1. The maximum Gasteiger partial charge on any atom is 0.227 e. The molecule has 0 saturated carbocycles. The Balaban J connectivity index is 1.49. The van der Waals surface area contributed by atoms with E-state index in [1.165, 1.54) is 5.57 Å². The van der Waals surface area contributed by atoms with Gasteiger partial charge >= 0.3 is 0 Å². The quantitative estimate of drug-likeness (QED) is 0.768. The molecule has 25 heavy (non-hydrogen) atoms. The fraction of sp³-hybridized carbons (Fsp3) is 0.684. The van der Waals surface area contributed by atoms with Crippen molar-refractivity contribution in [3.05, 3.63) is 23.4 Å². The first-order valence-electron chi connectivity index (χ1n) is 9.39. The van der Waals surface area contributed by atoms with Crippen LogP contribution in [0.1, 0.15) is 31.9 Å². The van der Waals surface area contributed by atoms with Crippen LogP contribution < -0.4 is 9.80 Å². The van der Waals surface area contributed by atoms with Crippen LogP contribution in [0, 0.1) is 6.92 Å². The highest BCUT2D eigenvalue weighted by atomic mass is 16.5. The van der Waals surface area contributed by atoms with Gasteiger partial charge in [0.1, 0.15) is 5.82 Å². The van der Waals surface area contributed by atoms with Crippen molar-refractivity contribution in [1.29, 1.82) is 0 Å². The Hall–Kier alpha value is -1.66. The molecule has 4 heterocycles. The van der Waals surface area contributed by atoms with Gasteiger partial charge in [0.15, 0.2) is 0 Å². The Kier molecular flexibility index (Phi) is 4.65. The van der Waals surface area contributed by atoms with Crippen LogP contribution in [0.15, 0.2) is 17.7 Å². The fourth-order valence-electron chi connectivity index (χ4n) is 3.98. The Morgan fingerprint density at radius 1 is 0.960 bits per heavy atom. The monoisotopic (exact) mass is 344 g/mol. The van der Waals surface area contributed by atoms with Crippen molar-refractivity contribution in [3.8, 4) is 0 Å². The second-order valence-corrected chi connectivity index (χ2v) is 7.41. The summed E-state index contributed by atoms with van der Waals surface area (Å²) in [5, 5.41) is 0. The molecular formula is C19H28N4O2. The predicted octanol–water partition coefficient (Wildman–Crippen LogP) is 2.33. The molecule has 2 fully saturated rings. The van der Waals surface area contributed by atoms with E-state index in [0.717, 1.165) is 82.7 Å². The molecule has 0 atom stereocenters. The summed E-state index contributed by atoms with van der Waals surface area (Å²) in [5.74, 6) is 1.88. The molecule has 0 unspecified atom stereocenters. The molecule has 4 rings (SSSR count). The summed E-state index contributed by atoms with van der Waals surface area (Å²) in [6.07, 6.45) is 5.48. The zero-order valence-electron chi connectivity index (χ0n) is 15.3. The Morgan fingerprint density at radius 3 is 2.44 bits per heavy atom. The minimum absolute atomic E-state index is 0.0477. The minimum atomic E-state index is -0.0477. The minimum Gasteiger partial charge on any atom is -0.378 e. The Labute approximate surface area is 149 Å². The van der Waals surface area contributed by atoms with Crippen molar-refractivity contribution in [2.45, 2.75) is 38.7 Å². The molecule has 0 radical (unpaired) electrons. The van der Waals surface area contributed by atoms with Crippen LogP contribution in [0.25, 0.3) is 0 Å². The number of nitrogens with zero attached hydrogens (tertiary/aromatic N) is 4. The van der Waals surface area contributed by atoms with E-state index in [9.17, 15) is 0 Å². The fourth-order valence-corrected chi connectivity index (χ4v) is 3.98. The highest BCUT2D eigenvalue weighted by molar-refractivity contribution is 5.47. The molecular weight excluding hydrogens is 316 g/mol. The van der Waals surface area contributed by atoms with Crippen LogP contribution in [0.2, 0.25) is 0 Å². The van der Waals surface area contributed by atoms with Crippen LogP contribution in [0.5, 0.6) is 0 Å². The zero-order chi connectivity index (χ0) is 17.3. The third-order valence-corrected chi connectivity index (χ3v) is 5.45. The summed E-state index contributed by atoms with van der Waals surface area (Å²) < 4.78 is 11.6. The number of aryl methyl sites for hydroxylation is 1. The lowest BCUT2D eigenvalue weighted by Gasteiger charge is -2.42. The maximum absolute atomic E-state index is 6.15. The van der Waals surface area contributed by atoms with Gasteiger partial charge in [-0.3, -0.25) is 0 Å². The third kappa shape index (κ3) is 3.65. The van der Waals surface area contributed by atoms with Gasteiger partial charge in [0.05, 0.1) is 25.4 Å². The summed E-state index contributed by atoms with van der Waals surface area (Å²) >= 11 is 0. The normalized spacial score (nSPS) is 23.7. The first-order chi connectivity index (χ1) is 12.1. The van der Waals surface area contributed by atoms with Crippen molar-refractivity contribution >= 4 is 11.8 Å². The molecule has 6 nitrogen and oxygen atoms in total. The van der Waals surface area contributed by atoms with Gasteiger partial charge in [-0.15, -0.1) is 0 Å². The molecule has 0 aliphatic carbocycles. The molecule has 0 bridgehead atoms. The summed E-state index contributed by atoms with van der Waals surface area (Å²) in [6, 6.07) is 2.10. The lowest BCUT2D eigenvalue weighted by Crippen LogP contribution is -2.47. The van der Waals surface area contributed by atoms with E-state index in [1.807, 2.05) is 0 Å². The molecule has 0 N–H and O–H groups in total. The van der Waals surface area contributed by atoms with Crippen LogP contribution in [-0.4, -0.2) is 61.6 Å². The molecule has 3 aliphatic heterocycles. The first kappa shape index (κ1) is 16.8. The number of ether oxygens (including phenoxy) is 2. The standard InChI is InChI=1S/C19H28N4O2/c1-15-3-10-25-19(14-15)4-6-22(7-5-19)17-13-16(2)20-18(21-17)23-8-11-24-12-9-23/h13-14H,3-12H2,1-2H3. The smallest absolute Gasteiger partial charge is 0.227 e. The van der Waals surface area contributed by atoms with Crippen molar-refractivity contribution < 1.29 is 9.47 Å². The molecule has 1 spiro atoms. The van der Waals surface area contributed by atoms with E-state index in [4.69, 9.17) is 14.5 Å². The Bertz CT molecular complexity index is 647. The van der Waals surface area contributed by atoms with Crippen LogP contribution in [0.4, 0.5) is 11.8 Å². The highest BCUT2D eigenvalue weighted by Crippen LogP contribution is 2.34. The van der Waals surface area contributed by atoms with Gasteiger partial charge in [0, 0.05) is 37.9 Å². The predicted molar refractivity (Wildman–Crippen MR) is 98.3 cm³/mol. The number of hydrogen-bond acceptors (Lipinski definition) is 6. The van der Waals surface area contributed by atoms with Gasteiger partial charge in [0.2, 0.25) is 5.95 Å². The van der Waals surface area contributed by atoms with E-state index in [-0.39, 0.29) is 5.60 Å². The van der Waals surface area contributed by atoms with Crippen LogP contribution in [0.3, 0.4) is 0 Å². The number of anilines is 2. The lowest BCUT2D eigenvalue weighted by atomic mass is 9.87. The number of morpholine rings is 1. The van der Waals surface area contributed by atoms with Gasteiger partial charge in [-0.05, 0) is 33.1 Å². The van der Waals surface area contributed by atoms with Crippen molar-refractivity contribution in [2.75, 3.05) is 55.8 Å². The van der Waals surface area contributed by atoms with Crippen molar-refractivity contribution in [2.24, 2.45) is 0 Å². The van der Waals surface area contributed by atoms with Crippen molar-refractivity contribution in [3.63, 3.8) is 0 Å². The highest BCUT2D eigenvalue weighted by Gasteiger charge is 2.36. The summed E-state index contributed by atoms with van der Waals surface area (Å²) in [5.41, 5.74) is 2.44. The average molecular weight is 344 g/mol. The second-order valence-electron chi connectivity index (χ2n) is 7.41. The summed E-state index contributed by atoms with van der Waals surface area (Å²) in [4.78, 5) is 14.1. The van der Waals surface area contributed by atoms with E-state index < -0.39 is 0 Å². The summed E-state index contributed by atoms with van der Waals surface area (Å²) in [7, 11) is 0. The zero-order valence-corrected chi connectivity index (χ0v) is 15.3. The summed E-state index contributed by atoms with van der Waals surface area (Å²) in [6.45, 7) is 10.3. The molecule has 1 aromatic rings. The molecule has 0 amide bonds. The van der Waals surface area contributed by atoms with Crippen LogP contribution >= 0.6 is 0 Å².